The molecule has 0 aromatic heterocycles. The molecule has 0 radical (unpaired) electrons. The summed E-state index contributed by atoms with van der Waals surface area (Å²) in [5.41, 5.74) is 6.80. The summed E-state index contributed by atoms with van der Waals surface area (Å²) in [5.74, 6) is 0.0732. The van der Waals surface area contributed by atoms with Crippen LogP contribution in [-0.4, -0.2) is 46.8 Å². The average molecular weight is 249 g/mol. The van der Waals surface area contributed by atoms with E-state index in [1.807, 2.05) is 30.3 Å². The number of nitrogens with two attached hydrogens (primary N) is 1. The van der Waals surface area contributed by atoms with E-state index in [0.29, 0.717) is 13.1 Å². The molecule has 1 heterocycles. The van der Waals surface area contributed by atoms with Gasteiger partial charge in [0, 0.05) is 19.6 Å². The molecule has 1 aliphatic heterocycles. The first kappa shape index (κ1) is 12.9. The minimum Gasteiger partial charge on any atom is -0.409 e. The molecule has 0 bridgehead atoms. The van der Waals surface area contributed by atoms with Crippen molar-refractivity contribution in [2.75, 3.05) is 19.6 Å². The fourth-order valence-electron chi connectivity index (χ4n) is 2.36. The molecule has 0 amide bonds. The van der Waals surface area contributed by atoms with Crippen molar-refractivity contribution in [3.8, 4) is 0 Å². The first-order valence-electron chi connectivity index (χ1n) is 6.13. The fourth-order valence-corrected chi connectivity index (χ4v) is 2.36. The summed E-state index contributed by atoms with van der Waals surface area (Å²) in [6.45, 7) is 2.17. The highest BCUT2D eigenvalue weighted by Crippen LogP contribution is 2.20. The van der Waals surface area contributed by atoms with Crippen LogP contribution in [0.15, 0.2) is 35.5 Å². The number of aliphatic hydroxyl groups excluding tert-OH is 1. The van der Waals surface area contributed by atoms with Crippen LogP contribution in [0.3, 0.4) is 0 Å². The molecule has 1 aliphatic rings. The van der Waals surface area contributed by atoms with Crippen molar-refractivity contribution in [2.24, 2.45) is 10.9 Å². The number of β-amino-alcohol motifs (C(OH)–C–C–N with tert-alkyl or cyclic N) is 1. The Balaban J connectivity index is 2.11. The molecule has 2 atom stereocenters. The third-order valence-corrected chi connectivity index (χ3v) is 3.36. The van der Waals surface area contributed by atoms with Crippen LogP contribution < -0.4 is 5.73 Å². The average Bonchev–Trinajstić information content (AvgIpc) is 2.82. The van der Waals surface area contributed by atoms with E-state index in [4.69, 9.17) is 10.9 Å². The van der Waals surface area contributed by atoms with Crippen LogP contribution in [0.2, 0.25) is 0 Å². The van der Waals surface area contributed by atoms with Crippen LogP contribution in [0.1, 0.15) is 17.9 Å². The van der Waals surface area contributed by atoms with Gasteiger partial charge in [0.2, 0.25) is 0 Å². The fraction of sp³-hybridized carbons (Fsp3) is 0.462. The van der Waals surface area contributed by atoms with Crippen molar-refractivity contribution in [1.82, 2.24) is 4.90 Å². The molecule has 5 nitrogen and oxygen atoms in total. The maximum absolute atomic E-state index is 9.53. The largest absolute Gasteiger partial charge is 0.409 e. The Hall–Kier alpha value is -1.59. The second kappa shape index (κ2) is 5.84. The van der Waals surface area contributed by atoms with Crippen LogP contribution in [0, 0.1) is 0 Å². The summed E-state index contributed by atoms with van der Waals surface area (Å²) in [5, 5.41) is 21.5. The highest BCUT2D eigenvalue weighted by molar-refractivity contribution is 5.87. The van der Waals surface area contributed by atoms with Crippen LogP contribution in [-0.2, 0) is 0 Å². The summed E-state index contributed by atoms with van der Waals surface area (Å²) >= 11 is 0. The second-order valence-corrected chi connectivity index (χ2v) is 4.69. The quantitative estimate of drug-likeness (QED) is 0.315. The van der Waals surface area contributed by atoms with Gasteiger partial charge in [0.15, 0.2) is 0 Å². The van der Waals surface area contributed by atoms with Crippen molar-refractivity contribution in [2.45, 2.75) is 18.4 Å². The molecule has 4 N–H and O–H groups in total. The molecular weight excluding hydrogens is 230 g/mol. The van der Waals surface area contributed by atoms with E-state index in [9.17, 15) is 5.11 Å². The summed E-state index contributed by atoms with van der Waals surface area (Å²) < 4.78 is 0. The molecule has 0 aliphatic carbocycles. The van der Waals surface area contributed by atoms with Crippen molar-refractivity contribution in [3.05, 3.63) is 35.9 Å². The smallest absolute Gasteiger partial charge is 0.147 e. The normalized spacial score (nSPS) is 23.2. The highest BCUT2D eigenvalue weighted by atomic mass is 16.4. The minimum atomic E-state index is -0.256. The third kappa shape index (κ3) is 3.00. The van der Waals surface area contributed by atoms with Gasteiger partial charge >= 0.3 is 0 Å². The van der Waals surface area contributed by atoms with Gasteiger partial charge in [-0.05, 0) is 12.0 Å². The lowest BCUT2D eigenvalue weighted by molar-refractivity contribution is 0.176. The van der Waals surface area contributed by atoms with Crippen molar-refractivity contribution < 1.29 is 10.3 Å². The second-order valence-electron chi connectivity index (χ2n) is 4.69. The molecule has 5 heteroatoms. The minimum absolute atomic E-state index is 0.138. The van der Waals surface area contributed by atoms with Gasteiger partial charge in [-0.2, -0.15) is 0 Å². The van der Waals surface area contributed by atoms with Gasteiger partial charge in [-0.25, -0.2) is 0 Å². The molecule has 0 spiro atoms. The monoisotopic (exact) mass is 249 g/mol. The van der Waals surface area contributed by atoms with Gasteiger partial charge in [-0.3, -0.25) is 4.90 Å². The van der Waals surface area contributed by atoms with E-state index in [2.05, 4.69) is 10.1 Å². The van der Waals surface area contributed by atoms with Crippen molar-refractivity contribution in [1.29, 1.82) is 0 Å². The number of nitrogens with zero attached hydrogens (tertiary/aromatic N) is 2. The SMILES string of the molecule is NC(=NO)C(CN1CCC(O)C1)c1ccccc1. The maximum atomic E-state index is 9.53. The van der Waals surface area contributed by atoms with E-state index in [0.717, 1.165) is 18.5 Å². The molecule has 0 saturated carbocycles. The van der Waals surface area contributed by atoms with E-state index < -0.39 is 0 Å². The number of hydrogen-bond acceptors (Lipinski definition) is 4. The summed E-state index contributed by atoms with van der Waals surface area (Å²) in [7, 11) is 0. The van der Waals surface area contributed by atoms with Gasteiger partial charge in [-0.1, -0.05) is 35.5 Å². The van der Waals surface area contributed by atoms with Crippen LogP contribution in [0.5, 0.6) is 0 Å². The zero-order valence-corrected chi connectivity index (χ0v) is 10.2. The standard InChI is InChI=1S/C13H19N3O2/c14-13(15-18)12(10-4-2-1-3-5-10)9-16-7-6-11(17)8-16/h1-5,11-12,17-18H,6-9H2,(H2,14,15). The molecule has 98 valence electrons. The molecule has 1 fully saturated rings. The third-order valence-electron chi connectivity index (χ3n) is 3.36. The molecule has 2 rings (SSSR count). The number of likely N-dealkylation sites (tertiary alicyclic amines) is 1. The van der Waals surface area contributed by atoms with Gasteiger partial charge < -0.3 is 16.0 Å². The Morgan fingerprint density at radius 2 is 2.17 bits per heavy atom. The molecule has 1 aromatic carbocycles. The lowest BCUT2D eigenvalue weighted by atomic mass is 9.97. The number of oxime groups is 1. The number of aliphatic hydroxyl groups is 1. The van der Waals surface area contributed by atoms with Gasteiger partial charge in [0.1, 0.15) is 5.84 Å². The maximum Gasteiger partial charge on any atom is 0.147 e. The number of benzene rings is 1. The first-order chi connectivity index (χ1) is 8.70. The zero-order chi connectivity index (χ0) is 13.0. The summed E-state index contributed by atoms with van der Waals surface area (Å²) in [6, 6.07) is 9.74. The van der Waals surface area contributed by atoms with Crippen molar-refractivity contribution >= 4 is 5.84 Å². The van der Waals surface area contributed by atoms with Crippen LogP contribution in [0.4, 0.5) is 0 Å². The van der Waals surface area contributed by atoms with Gasteiger partial charge in [0.05, 0.1) is 12.0 Å². The Morgan fingerprint density at radius 1 is 1.44 bits per heavy atom. The lowest BCUT2D eigenvalue weighted by Gasteiger charge is -2.22. The molecule has 18 heavy (non-hydrogen) atoms. The first-order valence-corrected chi connectivity index (χ1v) is 6.13. The van der Waals surface area contributed by atoms with E-state index in [1.54, 1.807) is 0 Å². The topological polar surface area (TPSA) is 82.1 Å². The molecule has 1 saturated heterocycles. The van der Waals surface area contributed by atoms with E-state index >= 15 is 0 Å². The predicted octanol–water partition coefficient (Wildman–Crippen LogP) is 0.583. The molecular formula is C13H19N3O2. The number of hydrogen-bond donors (Lipinski definition) is 3. The Morgan fingerprint density at radius 3 is 2.72 bits per heavy atom. The van der Waals surface area contributed by atoms with Crippen molar-refractivity contribution in [3.63, 3.8) is 0 Å². The molecule has 1 aromatic rings. The predicted molar refractivity (Wildman–Crippen MR) is 69.7 cm³/mol. The van der Waals surface area contributed by atoms with E-state index in [-0.39, 0.29) is 17.9 Å². The molecule has 2 unspecified atom stereocenters. The Kier molecular flexibility index (Phi) is 4.17. The van der Waals surface area contributed by atoms with Crippen LogP contribution >= 0.6 is 0 Å². The zero-order valence-electron chi connectivity index (χ0n) is 10.2. The Bertz CT molecular complexity index is 408. The van der Waals surface area contributed by atoms with E-state index in [1.165, 1.54) is 0 Å². The Labute approximate surface area is 107 Å². The summed E-state index contributed by atoms with van der Waals surface area (Å²) in [4.78, 5) is 2.14. The number of rotatable bonds is 4. The summed E-state index contributed by atoms with van der Waals surface area (Å²) in [6.07, 6.45) is 0.534. The van der Waals surface area contributed by atoms with Gasteiger partial charge in [0.25, 0.3) is 0 Å². The van der Waals surface area contributed by atoms with Crippen LogP contribution in [0.25, 0.3) is 0 Å². The number of amidine groups is 1. The highest BCUT2D eigenvalue weighted by Gasteiger charge is 2.25. The lowest BCUT2D eigenvalue weighted by Crippen LogP contribution is -2.34. The van der Waals surface area contributed by atoms with Gasteiger partial charge in [-0.15, -0.1) is 0 Å².